The first kappa shape index (κ1) is 15.6. The summed E-state index contributed by atoms with van der Waals surface area (Å²) in [4.78, 5) is 7.60. The summed E-state index contributed by atoms with van der Waals surface area (Å²) >= 11 is 6.13. The average Bonchev–Trinajstić information content (AvgIpc) is 2.86. The number of H-pyrrole nitrogens is 1. The normalized spacial score (nSPS) is 10.5. The third-order valence-electron chi connectivity index (χ3n) is 3.26. The molecule has 1 aromatic carbocycles. The van der Waals surface area contributed by atoms with E-state index < -0.39 is 0 Å². The number of nitriles is 1. The van der Waals surface area contributed by atoms with Crippen LogP contribution in [0, 0.1) is 11.3 Å². The third kappa shape index (κ3) is 4.59. The van der Waals surface area contributed by atoms with Gasteiger partial charge in [-0.1, -0.05) is 37.1 Å². The molecule has 110 valence electrons. The van der Waals surface area contributed by atoms with Gasteiger partial charge in [-0.3, -0.25) is 0 Å². The first-order valence-electron chi connectivity index (χ1n) is 7.16. The minimum absolute atomic E-state index is 0.549. The predicted molar refractivity (Wildman–Crippen MR) is 83.9 cm³/mol. The lowest BCUT2D eigenvalue weighted by Gasteiger charge is -2.04. The van der Waals surface area contributed by atoms with Gasteiger partial charge in [0.25, 0.3) is 0 Å². The number of rotatable bonds is 7. The molecule has 2 rings (SSSR count). The predicted octanol–water partition coefficient (Wildman–Crippen LogP) is 3.57. The molecule has 0 atom stereocenters. The molecule has 0 aliphatic heterocycles. The highest BCUT2D eigenvalue weighted by atomic mass is 35.5. The molecule has 2 aromatic rings. The number of aromatic nitrogens is 2. The van der Waals surface area contributed by atoms with Crippen molar-refractivity contribution in [1.29, 1.82) is 5.26 Å². The van der Waals surface area contributed by atoms with Crippen LogP contribution in [0.1, 0.15) is 42.4 Å². The van der Waals surface area contributed by atoms with Gasteiger partial charge in [0.15, 0.2) is 5.15 Å². The lowest BCUT2D eigenvalue weighted by atomic mass is 10.1. The maximum atomic E-state index is 8.76. The number of nitrogens with zero attached hydrogens (tertiary/aromatic N) is 2. The molecule has 0 saturated carbocycles. The van der Waals surface area contributed by atoms with Crippen molar-refractivity contribution in [1.82, 2.24) is 15.3 Å². The number of unbranched alkanes of at least 4 members (excludes halogenated alkanes) is 1. The molecule has 0 unspecified atom stereocenters. The van der Waals surface area contributed by atoms with Gasteiger partial charge in [-0.05, 0) is 24.1 Å². The number of benzene rings is 1. The molecule has 1 aromatic heterocycles. The maximum Gasteiger partial charge on any atom is 0.151 e. The van der Waals surface area contributed by atoms with Crippen molar-refractivity contribution >= 4 is 11.6 Å². The standard InChI is InChI=1S/C16H19ClN4/c1-2-3-4-15-20-14(16(17)21-15)11-19-10-13-7-5-12(9-18)6-8-13/h5-8,19H,2-4,10-11H2,1H3,(H,20,21). The Hall–Kier alpha value is -1.83. The maximum absolute atomic E-state index is 8.76. The molecule has 1 heterocycles. The zero-order chi connectivity index (χ0) is 15.1. The van der Waals surface area contributed by atoms with Crippen LogP contribution in [-0.2, 0) is 19.5 Å². The summed E-state index contributed by atoms with van der Waals surface area (Å²) in [5.74, 6) is 0.956. The molecule has 4 nitrogen and oxygen atoms in total. The molecule has 0 aliphatic carbocycles. The summed E-state index contributed by atoms with van der Waals surface area (Å²) in [5.41, 5.74) is 2.74. The Labute approximate surface area is 130 Å². The highest BCUT2D eigenvalue weighted by Crippen LogP contribution is 2.14. The molecular formula is C16H19ClN4. The highest BCUT2D eigenvalue weighted by molar-refractivity contribution is 6.30. The Morgan fingerprint density at radius 2 is 2.05 bits per heavy atom. The summed E-state index contributed by atoms with van der Waals surface area (Å²) in [5, 5.41) is 12.6. The van der Waals surface area contributed by atoms with Crippen LogP contribution in [0.25, 0.3) is 0 Å². The van der Waals surface area contributed by atoms with Crippen LogP contribution >= 0.6 is 11.6 Å². The van der Waals surface area contributed by atoms with Crippen molar-refractivity contribution in [2.75, 3.05) is 0 Å². The minimum atomic E-state index is 0.549. The van der Waals surface area contributed by atoms with Crippen molar-refractivity contribution in [3.8, 4) is 6.07 Å². The topological polar surface area (TPSA) is 64.5 Å². The molecule has 5 heteroatoms. The fourth-order valence-electron chi connectivity index (χ4n) is 2.05. The lowest BCUT2D eigenvalue weighted by Crippen LogP contribution is -2.13. The number of hydrogen-bond donors (Lipinski definition) is 2. The van der Waals surface area contributed by atoms with Gasteiger partial charge in [-0.25, -0.2) is 4.98 Å². The number of imidazole rings is 1. The fourth-order valence-corrected chi connectivity index (χ4v) is 2.26. The number of aromatic amines is 1. The second-order valence-corrected chi connectivity index (χ2v) is 5.33. The molecule has 0 amide bonds. The minimum Gasteiger partial charge on any atom is -0.344 e. The van der Waals surface area contributed by atoms with Gasteiger partial charge in [0.1, 0.15) is 5.82 Å². The van der Waals surface area contributed by atoms with Crippen molar-refractivity contribution in [2.45, 2.75) is 39.3 Å². The lowest BCUT2D eigenvalue weighted by molar-refractivity contribution is 0.678. The van der Waals surface area contributed by atoms with E-state index in [-0.39, 0.29) is 0 Å². The van der Waals surface area contributed by atoms with E-state index in [1.165, 1.54) is 0 Å². The number of nitrogens with one attached hydrogen (secondary N) is 2. The molecule has 0 bridgehead atoms. The summed E-state index contributed by atoms with van der Waals surface area (Å²) in [6.45, 7) is 3.54. The van der Waals surface area contributed by atoms with Crippen molar-refractivity contribution in [2.24, 2.45) is 0 Å². The molecule has 0 fully saturated rings. The van der Waals surface area contributed by atoms with Crippen LogP contribution in [0.4, 0.5) is 0 Å². The molecule has 0 spiro atoms. The Morgan fingerprint density at radius 1 is 1.29 bits per heavy atom. The van der Waals surface area contributed by atoms with Crippen molar-refractivity contribution < 1.29 is 0 Å². The van der Waals surface area contributed by atoms with Gasteiger partial charge in [0, 0.05) is 19.5 Å². The molecule has 0 saturated heterocycles. The van der Waals surface area contributed by atoms with Gasteiger partial charge in [-0.15, -0.1) is 0 Å². The van der Waals surface area contributed by atoms with Crippen molar-refractivity contribution in [3.63, 3.8) is 0 Å². The average molecular weight is 303 g/mol. The highest BCUT2D eigenvalue weighted by Gasteiger charge is 2.07. The fraction of sp³-hybridized carbons (Fsp3) is 0.375. The van der Waals surface area contributed by atoms with Crippen molar-refractivity contribution in [3.05, 3.63) is 52.1 Å². The molecule has 0 aliphatic rings. The SMILES string of the molecule is CCCCc1nc(Cl)c(CNCc2ccc(C#N)cc2)[nH]1. The second kappa shape index (κ2) is 7.82. The van der Waals surface area contributed by atoms with Gasteiger partial charge in [-0.2, -0.15) is 5.26 Å². The number of hydrogen-bond acceptors (Lipinski definition) is 3. The van der Waals surface area contributed by atoms with Crippen LogP contribution in [0.5, 0.6) is 0 Å². The first-order valence-corrected chi connectivity index (χ1v) is 7.53. The van der Waals surface area contributed by atoms with E-state index in [0.29, 0.717) is 17.3 Å². The smallest absolute Gasteiger partial charge is 0.151 e. The summed E-state index contributed by atoms with van der Waals surface area (Å²) < 4.78 is 0. The van der Waals surface area contributed by atoms with Gasteiger partial charge >= 0.3 is 0 Å². The Kier molecular flexibility index (Phi) is 5.79. The van der Waals surface area contributed by atoms with E-state index >= 15 is 0 Å². The molecule has 2 N–H and O–H groups in total. The quantitative estimate of drug-likeness (QED) is 0.822. The Morgan fingerprint density at radius 3 is 2.71 bits per heavy atom. The van der Waals surface area contributed by atoms with E-state index in [1.54, 1.807) is 0 Å². The van der Waals surface area contributed by atoms with E-state index in [0.717, 1.165) is 42.9 Å². The summed E-state index contributed by atoms with van der Waals surface area (Å²) in [7, 11) is 0. The van der Waals surface area contributed by atoms with E-state index in [4.69, 9.17) is 16.9 Å². The zero-order valence-corrected chi connectivity index (χ0v) is 12.9. The molecule has 0 radical (unpaired) electrons. The first-order chi connectivity index (χ1) is 10.2. The van der Waals surface area contributed by atoms with Gasteiger partial charge in [0.2, 0.25) is 0 Å². The molecule has 21 heavy (non-hydrogen) atoms. The second-order valence-electron chi connectivity index (χ2n) is 4.97. The summed E-state index contributed by atoms with van der Waals surface area (Å²) in [6, 6.07) is 9.66. The van der Waals surface area contributed by atoms with Crippen LogP contribution in [0.2, 0.25) is 5.15 Å². The molecular weight excluding hydrogens is 284 g/mol. The Bertz CT molecular complexity index is 610. The van der Waals surface area contributed by atoms with Crippen LogP contribution in [0.3, 0.4) is 0 Å². The Balaban J connectivity index is 1.85. The van der Waals surface area contributed by atoms with E-state index in [2.05, 4.69) is 28.3 Å². The number of halogens is 1. The number of aryl methyl sites for hydroxylation is 1. The van der Waals surface area contributed by atoms with E-state index in [1.807, 2.05) is 24.3 Å². The zero-order valence-electron chi connectivity index (χ0n) is 12.1. The van der Waals surface area contributed by atoms with Gasteiger partial charge < -0.3 is 10.3 Å². The monoisotopic (exact) mass is 302 g/mol. The largest absolute Gasteiger partial charge is 0.344 e. The van der Waals surface area contributed by atoms with Crippen LogP contribution < -0.4 is 5.32 Å². The van der Waals surface area contributed by atoms with Gasteiger partial charge in [0.05, 0.1) is 17.3 Å². The third-order valence-corrected chi connectivity index (χ3v) is 3.57. The van der Waals surface area contributed by atoms with Crippen LogP contribution in [0.15, 0.2) is 24.3 Å². The van der Waals surface area contributed by atoms with E-state index in [9.17, 15) is 0 Å². The summed E-state index contributed by atoms with van der Waals surface area (Å²) in [6.07, 6.45) is 3.19. The van der Waals surface area contributed by atoms with Crippen LogP contribution in [-0.4, -0.2) is 9.97 Å².